The van der Waals surface area contributed by atoms with Crippen molar-refractivity contribution in [3.63, 3.8) is 0 Å². The predicted octanol–water partition coefficient (Wildman–Crippen LogP) is 19.3. The van der Waals surface area contributed by atoms with E-state index >= 15 is 0 Å². The highest BCUT2D eigenvalue weighted by atomic mass is 32.1. The minimum atomic E-state index is -0.357. The zero-order valence-electron chi connectivity index (χ0n) is 38.8. The lowest BCUT2D eigenvalue weighted by Gasteiger charge is -2.40. The molecule has 1 aliphatic heterocycles. The molecule has 3 nitrogen and oxygen atoms in total. The molecule has 1 saturated heterocycles. The number of thiophene rings is 4. The minimum absolute atomic E-state index is 0.357. The second kappa shape index (κ2) is 16.9. The standard InChI is InChI=1S/C65H42O3S4/c1-5-25-57-43(13-1)47-19-9-17-41(61(47)69-57)39-29-31-55(53(33-39)51-23-11-21-49-45-15-3-7-27-59(45)71-63(49)51)67-37-65(35-66-36-65)38-68-56-32-30-40(42-18-10-20-48-44-14-2-6-26-58(44)70-62(42)48)34-54(56)52-24-12-22-50-46-16-4-8-28-60(46)72-64(50)52/h1-34H,35-38H2. The third kappa shape index (κ3) is 6.83. The van der Waals surface area contributed by atoms with Gasteiger partial charge in [-0.15, -0.1) is 45.3 Å². The van der Waals surface area contributed by atoms with Crippen LogP contribution in [0, 0.1) is 5.41 Å². The van der Waals surface area contributed by atoms with E-state index in [0.29, 0.717) is 26.4 Å². The molecular weight excluding hydrogens is 957 g/mol. The lowest BCUT2D eigenvalue weighted by atomic mass is 9.88. The van der Waals surface area contributed by atoms with Gasteiger partial charge in [-0.05, 0) is 70.8 Å². The summed E-state index contributed by atoms with van der Waals surface area (Å²) < 4.78 is 30.6. The van der Waals surface area contributed by atoms with E-state index in [1.165, 1.54) is 114 Å². The summed E-state index contributed by atoms with van der Waals surface area (Å²) >= 11 is 7.44. The van der Waals surface area contributed by atoms with Crippen LogP contribution in [0.15, 0.2) is 206 Å². The Bertz CT molecular complexity index is 4190. The van der Waals surface area contributed by atoms with Gasteiger partial charge in [0.25, 0.3) is 0 Å². The molecule has 0 bridgehead atoms. The predicted molar refractivity (Wildman–Crippen MR) is 310 cm³/mol. The van der Waals surface area contributed by atoms with Crippen LogP contribution in [0.25, 0.3) is 125 Å². The van der Waals surface area contributed by atoms with Crippen molar-refractivity contribution in [3.8, 4) is 56.0 Å². The van der Waals surface area contributed by atoms with Gasteiger partial charge in [0.1, 0.15) is 24.7 Å². The number of rotatable bonds is 10. The van der Waals surface area contributed by atoms with Crippen LogP contribution in [0.4, 0.5) is 0 Å². The fourth-order valence-electron chi connectivity index (χ4n) is 11.0. The van der Waals surface area contributed by atoms with E-state index < -0.39 is 0 Å². The van der Waals surface area contributed by atoms with Gasteiger partial charge in [-0.1, -0.05) is 158 Å². The Balaban J connectivity index is 0.812. The first-order chi connectivity index (χ1) is 35.6. The summed E-state index contributed by atoms with van der Waals surface area (Å²) in [5.41, 5.74) is 8.98. The summed E-state index contributed by atoms with van der Waals surface area (Å²) in [5, 5.41) is 10.3. The fourth-order valence-corrected chi connectivity index (χ4v) is 15.9. The van der Waals surface area contributed by atoms with Gasteiger partial charge < -0.3 is 14.2 Å². The quantitative estimate of drug-likeness (QED) is 0.137. The SMILES string of the molecule is c1ccc2c(c1)sc1c(-c3ccc(OCC4(COc5ccc(-c6cccc7c6sc6ccccc67)cc5-c5cccc6c5sc5ccccc56)COC4)c(-c4cccc5c4sc4ccccc45)c3)cccc12. The summed E-state index contributed by atoms with van der Waals surface area (Å²) in [5.74, 6) is 1.71. The minimum Gasteiger partial charge on any atom is -0.492 e. The monoisotopic (exact) mass is 998 g/mol. The van der Waals surface area contributed by atoms with Crippen molar-refractivity contribution in [2.45, 2.75) is 0 Å². The van der Waals surface area contributed by atoms with Crippen LogP contribution >= 0.6 is 45.3 Å². The van der Waals surface area contributed by atoms with Gasteiger partial charge in [0, 0.05) is 103 Å². The van der Waals surface area contributed by atoms with Gasteiger partial charge in [-0.3, -0.25) is 0 Å². The first-order valence-corrected chi connectivity index (χ1v) is 27.6. The molecule has 0 aliphatic carbocycles. The molecule has 4 aromatic heterocycles. The zero-order chi connectivity index (χ0) is 47.3. The number of ether oxygens (including phenoxy) is 3. The summed E-state index contributed by atoms with van der Waals surface area (Å²) in [7, 11) is 0. The van der Waals surface area contributed by atoms with Crippen molar-refractivity contribution in [3.05, 3.63) is 206 Å². The fraction of sp³-hybridized carbons (Fsp3) is 0.0769. The highest BCUT2D eigenvalue weighted by Gasteiger charge is 2.41. The molecule has 15 rings (SSSR count). The largest absolute Gasteiger partial charge is 0.492 e. The van der Waals surface area contributed by atoms with Gasteiger partial charge >= 0.3 is 0 Å². The lowest BCUT2D eigenvalue weighted by molar-refractivity contribution is -0.148. The Labute approximate surface area is 431 Å². The molecule has 10 aromatic carbocycles. The maximum Gasteiger partial charge on any atom is 0.127 e. The molecule has 0 N–H and O–H groups in total. The molecule has 14 aromatic rings. The maximum absolute atomic E-state index is 7.14. The van der Waals surface area contributed by atoms with E-state index in [4.69, 9.17) is 14.2 Å². The van der Waals surface area contributed by atoms with Crippen LogP contribution in [-0.2, 0) is 4.74 Å². The average Bonchev–Trinajstić information content (AvgIpc) is 4.21. The smallest absolute Gasteiger partial charge is 0.127 e. The molecule has 344 valence electrons. The molecule has 0 amide bonds. The highest BCUT2D eigenvalue weighted by Crippen LogP contribution is 2.49. The van der Waals surface area contributed by atoms with Crippen molar-refractivity contribution < 1.29 is 14.2 Å². The molecule has 0 atom stereocenters. The maximum atomic E-state index is 7.14. The first kappa shape index (κ1) is 42.3. The molecule has 0 radical (unpaired) electrons. The Morgan fingerprint density at radius 1 is 0.319 bits per heavy atom. The molecule has 7 heteroatoms. The molecule has 1 aliphatic rings. The second-order valence-electron chi connectivity index (χ2n) is 19.1. The zero-order valence-corrected chi connectivity index (χ0v) is 42.1. The second-order valence-corrected chi connectivity index (χ2v) is 23.3. The van der Waals surface area contributed by atoms with Gasteiger partial charge in [-0.2, -0.15) is 0 Å². The molecule has 0 saturated carbocycles. The number of benzene rings is 10. The Morgan fingerprint density at radius 3 is 0.986 bits per heavy atom. The normalized spacial score (nSPS) is 13.6. The summed E-state index contributed by atoms with van der Waals surface area (Å²) in [6.45, 7) is 1.99. The van der Waals surface area contributed by atoms with E-state index in [9.17, 15) is 0 Å². The molecular formula is C65H42O3S4. The van der Waals surface area contributed by atoms with Crippen molar-refractivity contribution in [1.82, 2.24) is 0 Å². The summed E-state index contributed by atoms with van der Waals surface area (Å²) in [6.07, 6.45) is 0. The molecule has 5 heterocycles. The van der Waals surface area contributed by atoms with Crippen LogP contribution in [-0.4, -0.2) is 26.4 Å². The first-order valence-electron chi connectivity index (χ1n) is 24.4. The van der Waals surface area contributed by atoms with Crippen molar-refractivity contribution in [2.24, 2.45) is 5.41 Å². The van der Waals surface area contributed by atoms with E-state index in [2.05, 4.69) is 206 Å². The van der Waals surface area contributed by atoms with Crippen molar-refractivity contribution in [1.29, 1.82) is 0 Å². The number of fused-ring (bicyclic) bond motifs is 12. The van der Waals surface area contributed by atoms with Gasteiger partial charge in [0.05, 0.1) is 18.6 Å². The Morgan fingerprint density at radius 2 is 0.639 bits per heavy atom. The Kier molecular flexibility index (Phi) is 9.92. The van der Waals surface area contributed by atoms with E-state index in [1.54, 1.807) is 0 Å². The van der Waals surface area contributed by atoms with E-state index in [-0.39, 0.29) is 5.41 Å². The van der Waals surface area contributed by atoms with Crippen molar-refractivity contribution in [2.75, 3.05) is 26.4 Å². The lowest BCUT2D eigenvalue weighted by Crippen LogP contribution is -2.51. The number of hydrogen-bond acceptors (Lipinski definition) is 7. The van der Waals surface area contributed by atoms with Gasteiger partial charge in [0.15, 0.2) is 0 Å². The Hall–Kier alpha value is -7.36. The van der Waals surface area contributed by atoms with Gasteiger partial charge in [-0.25, -0.2) is 0 Å². The van der Waals surface area contributed by atoms with Crippen LogP contribution < -0.4 is 9.47 Å². The van der Waals surface area contributed by atoms with Crippen LogP contribution in [0.2, 0.25) is 0 Å². The van der Waals surface area contributed by atoms with Crippen molar-refractivity contribution >= 4 is 126 Å². The summed E-state index contributed by atoms with van der Waals surface area (Å²) in [6, 6.07) is 75.4. The van der Waals surface area contributed by atoms with E-state index in [1.807, 2.05) is 45.3 Å². The number of hydrogen-bond donors (Lipinski definition) is 0. The molecule has 1 fully saturated rings. The topological polar surface area (TPSA) is 27.7 Å². The molecule has 0 spiro atoms. The van der Waals surface area contributed by atoms with Crippen LogP contribution in [0.3, 0.4) is 0 Å². The van der Waals surface area contributed by atoms with Gasteiger partial charge in [0.2, 0.25) is 0 Å². The molecule has 0 unspecified atom stereocenters. The average molecular weight is 999 g/mol. The summed E-state index contributed by atoms with van der Waals surface area (Å²) in [4.78, 5) is 0. The van der Waals surface area contributed by atoms with E-state index in [0.717, 1.165) is 22.6 Å². The highest BCUT2D eigenvalue weighted by molar-refractivity contribution is 7.27. The van der Waals surface area contributed by atoms with Crippen LogP contribution in [0.1, 0.15) is 0 Å². The third-order valence-corrected chi connectivity index (χ3v) is 19.5. The third-order valence-electron chi connectivity index (χ3n) is 14.7. The van der Waals surface area contributed by atoms with Crippen LogP contribution in [0.5, 0.6) is 11.5 Å². The molecule has 72 heavy (non-hydrogen) atoms.